The fourth-order valence-corrected chi connectivity index (χ4v) is 4.36. The summed E-state index contributed by atoms with van der Waals surface area (Å²) >= 11 is 0. The lowest BCUT2D eigenvalue weighted by Gasteiger charge is -2.27. The lowest BCUT2D eigenvalue weighted by atomic mass is 9.96. The maximum Gasteiger partial charge on any atom is 0.261 e. The molecule has 0 amide bonds. The van der Waals surface area contributed by atoms with Crippen molar-refractivity contribution >= 4 is 22.5 Å². The maximum atomic E-state index is 14.1. The summed E-state index contributed by atoms with van der Waals surface area (Å²) in [6.07, 6.45) is -0.308. The molecule has 0 spiro atoms. The Hall–Kier alpha value is -3.73. The van der Waals surface area contributed by atoms with Crippen LogP contribution in [0.1, 0.15) is 23.7 Å². The van der Waals surface area contributed by atoms with Crippen molar-refractivity contribution in [2.45, 2.75) is 24.8 Å². The summed E-state index contributed by atoms with van der Waals surface area (Å²) in [5.74, 6) is -0.667. The Labute approximate surface area is 200 Å². The molecule has 4 aromatic rings. The average molecular weight is 485 g/mol. The molecule has 1 fully saturated rings. The van der Waals surface area contributed by atoms with Crippen LogP contribution in [0.2, 0.25) is 0 Å². The molecular weight excluding hydrogens is 458 g/mol. The van der Waals surface area contributed by atoms with E-state index in [4.69, 9.17) is 19.2 Å². The molecule has 1 saturated heterocycles. The monoisotopic (exact) mass is 484 g/mol. The van der Waals surface area contributed by atoms with E-state index in [9.17, 15) is 8.78 Å². The van der Waals surface area contributed by atoms with Gasteiger partial charge in [0.2, 0.25) is 5.95 Å². The van der Waals surface area contributed by atoms with E-state index < -0.39 is 11.8 Å². The van der Waals surface area contributed by atoms with Gasteiger partial charge in [-0.1, -0.05) is 6.07 Å². The Morgan fingerprint density at radius 1 is 1.09 bits per heavy atom. The molecule has 0 saturated carbocycles. The Bertz CT molecular complexity index is 1380. The summed E-state index contributed by atoms with van der Waals surface area (Å²) in [4.78, 5) is 9.44. The number of hydrogen-bond acceptors (Lipinski definition) is 8. The molecule has 1 aliphatic rings. The summed E-state index contributed by atoms with van der Waals surface area (Å²) in [7, 11) is 4.75. The predicted molar refractivity (Wildman–Crippen MR) is 127 cm³/mol. The number of rotatable bonds is 7. The topological polar surface area (TPSA) is 94.8 Å². The van der Waals surface area contributed by atoms with Crippen LogP contribution < -0.4 is 24.8 Å². The second-order valence-corrected chi connectivity index (χ2v) is 8.42. The number of hydrogen-bond donors (Lipinski definition) is 2. The number of alkyl halides is 2. The van der Waals surface area contributed by atoms with Gasteiger partial charge in [0.15, 0.2) is 11.5 Å². The summed E-state index contributed by atoms with van der Waals surface area (Å²) in [5.41, 5.74) is 1.99. The molecule has 1 atom stereocenters. The fraction of sp³-hybridized carbons (Fsp3) is 0.375. The van der Waals surface area contributed by atoms with Crippen molar-refractivity contribution in [2.24, 2.45) is 0 Å². The highest BCUT2D eigenvalue weighted by Crippen LogP contribution is 2.34. The minimum absolute atomic E-state index is 0.308. The molecule has 9 nitrogen and oxygen atoms in total. The number of nitrogens with zero attached hydrogens (tertiary/aromatic N) is 4. The third-order valence-electron chi connectivity index (χ3n) is 6.12. The minimum atomic E-state index is -2.81. The second-order valence-electron chi connectivity index (χ2n) is 8.42. The first-order valence-corrected chi connectivity index (χ1v) is 11.2. The van der Waals surface area contributed by atoms with Gasteiger partial charge in [-0.05, 0) is 24.3 Å². The first kappa shape index (κ1) is 23.0. The van der Waals surface area contributed by atoms with E-state index in [1.54, 1.807) is 31.9 Å². The Morgan fingerprint density at radius 2 is 1.91 bits per heavy atom. The second kappa shape index (κ2) is 9.14. The zero-order valence-corrected chi connectivity index (χ0v) is 19.6. The van der Waals surface area contributed by atoms with Gasteiger partial charge in [0.25, 0.3) is 5.92 Å². The summed E-state index contributed by atoms with van der Waals surface area (Å²) in [6.45, 7) is 0.413. The van der Waals surface area contributed by atoms with E-state index in [2.05, 4.69) is 20.7 Å². The largest absolute Gasteiger partial charge is 0.497 e. The molecule has 5 rings (SSSR count). The lowest BCUT2D eigenvalue weighted by molar-refractivity contribution is -0.0286. The van der Waals surface area contributed by atoms with Crippen molar-refractivity contribution in [3.05, 3.63) is 47.8 Å². The predicted octanol–water partition coefficient (Wildman–Crippen LogP) is 3.63. The van der Waals surface area contributed by atoms with Gasteiger partial charge < -0.3 is 24.8 Å². The Morgan fingerprint density at radius 3 is 2.66 bits per heavy atom. The fourth-order valence-electron chi connectivity index (χ4n) is 4.36. The van der Waals surface area contributed by atoms with E-state index in [1.165, 1.54) is 0 Å². The molecule has 0 unspecified atom stereocenters. The van der Waals surface area contributed by atoms with Crippen molar-refractivity contribution in [1.82, 2.24) is 24.9 Å². The Kier molecular flexibility index (Phi) is 6.01. The van der Waals surface area contributed by atoms with E-state index in [0.717, 1.165) is 5.56 Å². The van der Waals surface area contributed by atoms with Gasteiger partial charge in [-0.2, -0.15) is 4.52 Å². The third kappa shape index (κ3) is 4.39. The van der Waals surface area contributed by atoms with Gasteiger partial charge in [-0.15, -0.1) is 5.10 Å². The molecule has 1 aliphatic heterocycles. The highest BCUT2D eigenvalue weighted by atomic mass is 19.3. The van der Waals surface area contributed by atoms with Crippen molar-refractivity contribution in [1.29, 1.82) is 0 Å². The number of nitrogens with one attached hydrogen (secondary N) is 2. The number of anilines is 1. The van der Waals surface area contributed by atoms with Gasteiger partial charge in [0.05, 0.1) is 27.9 Å². The molecule has 0 aliphatic carbocycles. The average Bonchev–Trinajstić information content (AvgIpc) is 3.32. The van der Waals surface area contributed by atoms with Crippen molar-refractivity contribution in [2.75, 3.05) is 39.7 Å². The van der Waals surface area contributed by atoms with Gasteiger partial charge in [0, 0.05) is 42.4 Å². The van der Waals surface area contributed by atoms with E-state index in [0.29, 0.717) is 58.7 Å². The third-order valence-corrected chi connectivity index (χ3v) is 6.12. The zero-order valence-electron chi connectivity index (χ0n) is 19.6. The standard InChI is InChI=1S/C24H26F2N6O3/c1-33-16-8-7-14(19(9-16)35-3)12-28-23-29-20-17(5-4-6-18(20)34-2)22-30-21(31-32(22)23)15-10-24(25,26)13-27-11-15/h4-9,15,27H,10-13H2,1-3H3,(H,28,29)/t15-/m0/s1. The van der Waals surface area contributed by atoms with Gasteiger partial charge in [0.1, 0.15) is 22.8 Å². The number of aromatic nitrogens is 4. The summed E-state index contributed by atoms with van der Waals surface area (Å²) in [6, 6.07) is 11.0. The number of methoxy groups -OCH3 is 3. The molecular formula is C24H26F2N6O3. The Balaban J connectivity index is 1.58. The van der Waals surface area contributed by atoms with Crippen LogP contribution in [0, 0.1) is 0 Å². The highest BCUT2D eigenvalue weighted by Gasteiger charge is 2.38. The van der Waals surface area contributed by atoms with Crippen LogP contribution in [0.4, 0.5) is 14.7 Å². The molecule has 35 heavy (non-hydrogen) atoms. The minimum Gasteiger partial charge on any atom is -0.497 e. The summed E-state index contributed by atoms with van der Waals surface area (Å²) < 4.78 is 46.0. The number of fused-ring (bicyclic) bond motifs is 3. The van der Waals surface area contributed by atoms with Gasteiger partial charge in [-0.3, -0.25) is 0 Å². The van der Waals surface area contributed by atoms with Crippen LogP contribution in [0.5, 0.6) is 17.2 Å². The smallest absolute Gasteiger partial charge is 0.261 e. The highest BCUT2D eigenvalue weighted by molar-refractivity contribution is 5.96. The van der Waals surface area contributed by atoms with E-state index in [1.807, 2.05) is 30.3 Å². The van der Waals surface area contributed by atoms with Crippen molar-refractivity contribution in [3.8, 4) is 17.2 Å². The maximum absolute atomic E-state index is 14.1. The number of benzene rings is 2. The zero-order chi connectivity index (χ0) is 24.6. The normalized spacial score (nSPS) is 17.5. The van der Waals surface area contributed by atoms with Crippen LogP contribution in [0.3, 0.4) is 0 Å². The summed E-state index contributed by atoms with van der Waals surface area (Å²) in [5, 5.41) is 11.4. The number of ether oxygens (including phenoxy) is 3. The number of piperidine rings is 1. The van der Waals surface area contributed by atoms with Gasteiger partial charge >= 0.3 is 0 Å². The first-order chi connectivity index (χ1) is 16.9. The van der Waals surface area contributed by atoms with E-state index in [-0.39, 0.29) is 13.0 Å². The van der Waals surface area contributed by atoms with E-state index >= 15 is 0 Å². The number of para-hydroxylation sites is 1. The van der Waals surface area contributed by atoms with Crippen molar-refractivity contribution in [3.63, 3.8) is 0 Å². The first-order valence-electron chi connectivity index (χ1n) is 11.2. The SMILES string of the molecule is COc1ccc(CNc2nc3c(OC)cccc3c3nc([C@@H]4CNCC(F)(F)C4)nn23)c(OC)c1. The molecule has 0 bridgehead atoms. The van der Waals surface area contributed by atoms with Crippen LogP contribution in [-0.2, 0) is 6.54 Å². The lowest BCUT2D eigenvalue weighted by Crippen LogP contribution is -2.43. The van der Waals surface area contributed by atoms with Crippen LogP contribution in [0.15, 0.2) is 36.4 Å². The molecule has 2 aromatic heterocycles. The van der Waals surface area contributed by atoms with Crippen LogP contribution >= 0.6 is 0 Å². The van der Waals surface area contributed by atoms with Crippen LogP contribution in [-0.4, -0.2) is 59.9 Å². The number of halogens is 2. The molecule has 184 valence electrons. The molecule has 2 aromatic carbocycles. The van der Waals surface area contributed by atoms with Crippen LogP contribution in [0.25, 0.3) is 16.6 Å². The quantitative estimate of drug-likeness (QED) is 0.411. The van der Waals surface area contributed by atoms with Crippen molar-refractivity contribution < 1.29 is 23.0 Å². The molecule has 11 heteroatoms. The molecule has 2 N–H and O–H groups in total. The van der Waals surface area contributed by atoms with Gasteiger partial charge in [-0.25, -0.2) is 18.7 Å². The molecule has 0 radical (unpaired) electrons. The molecule has 3 heterocycles.